The van der Waals surface area contributed by atoms with Crippen LogP contribution in [0.25, 0.3) is 0 Å². The van der Waals surface area contributed by atoms with Crippen molar-refractivity contribution in [3.8, 4) is 0 Å². The summed E-state index contributed by atoms with van der Waals surface area (Å²) in [5.74, 6) is -0.424. The Labute approximate surface area is 156 Å². The lowest BCUT2D eigenvalue weighted by Crippen LogP contribution is -2.22. The molecule has 4 nitrogen and oxygen atoms in total. The van der Waals surface area contributed by atoms with Crippen molar-refractivity contribution in [1.29, 1.82) is 0 Å². The van der Waals surface area contributed by atoms with E-state index < -0.39 is 17.6 Å². The molecule has 0 atom stereocenters. The predicted octanol–water partition coefficient (Wildman–Crippen LogP) is 4.71. The lowest BCUT2D eigenvalue weighted by molar-refractivity contribution is -0.137. The van der Waals surface area contributed by atoms with Gasteiger partial charge in [0.2, 0.25) is 0 Å². The fourth-order valence-corrected chi connectivity index (χ4v) is 2.60. The van der Waals surface area contributed by atoms with Crippen LogP contribution in [-0.2, 0) is 6.18 Å². The van der Waals surface area contributed by atoms with E-state index in [0.29, 0.717) is 11.1 Å². The van der Waals surface area contributed by atoms with Gasteiger partial charge in [-0.25, -0.2) is 5.43 Å². The molecule has 0 fully saturated rings. The molecule has 144 valence electrons. The number of halogens is 3. The van der Waals surface area contributed by atoms with Crippen molar-refractivity contribution in [2.75, 3.05) is 18.0 Å². The number of hydrazone groups is 1. The number of alkyl halides is 3. The van der Waals surface area contributed by atoms with Crippen LogP contribution in [0.2, 0.25) is 0 Å². The first-order chi connectivity index (χ1) is 12.8. The summed E-state index contributed by atoms with van der Waals surface area (Å²) >= 11 is 0. The zero-order chi connectivity index (χ0) is 20.0. The summed E-state index contributed by atoms with van der Waals surface area (Å²) in [4.78, 5) is 14.4. The van der Waals surface area contributed by atoms with E-state index in [-0.39, 0.29) is 5.71 Å². The molecule has 0 radical (unpaired) electrons. The first-order valence-electron chi connectivity index (χ1n) is 8.63. The minimum absolute atomic E-state index is 0.286. The van der Waals surface area contributed by atoms with Gasteiger partial charge in [0, 0.05) is 24.3 Å². The van der Waals surface area contributed by atoms with Gasteiger partial charge in [0.05, 0.1) is 11.3 Å². The van der Waals surface area contributed by atoms with Crippen LogP contribution in [-0.4, -0.2) is 24.7 Å². The third-order valence-corrected chi connectivity index (χ3v) is 4.19. The summed E-state index contributed by atoms with van der Waals surface area (Å²) in [7, 11) is 0. The molecule has 0 spiro atoms. The molecule has 2 rings (SSSR count). The van der Waals surface area contributed by atoms with E-state index in [2.05, 4.69) is 29.3 Å². The third kappa shape index (κ3) is 5.32. The lowest BCUT2D eigenvalue weighted by Gasteiger charge is -2.20. The van der Waals surface area contributed by atoms with Crippen molar-refractivity contribution in [3.05, 3.63) is 65.2 Å². The second-order valence-corrected chi connectivity index (χ2v) is 5.94. The molecule has 2 aromatic rings. The quantitative estimate of drug-likeness (QED) is 0.586. The summed E-state index contributed by atoms with van der Waals surface area (Å²) in [6, 6.07) is 11.9. The van der Waals surface area contributed by atoms with Gasteiger partial charge in [-0.3, -0.25) is 4.79 Å². The highest BCUT2D eigenvalue weighted by Gasteiger charge is 2.30. The topological polar surface area (TPSA) is 44.7 Å². The number of nitrogens with one attached hydrogen (secondary N) is 1. The van der Waals surface area contributed by atoms with Crippen molar-refractivity contribution in [2.45, 2.75) is 26.9 Å². The molecule has 0 aliphatic heterocycles. The molecule has 7 heteroatoms. The first-order valence-corrected chi connectivity index (χ1v) is 8.63. The number of amides is 1. The van der Waals surface area contributed by atoms with Crippen LogP contribution in [0.15, 0.2) is 53.6 Å². The van der Waals surface area contributed by atoms with Crippen molar-refractivity contribution < 1.29 is 18.0 Å². The number of carbonyl (C=O) groups excluding carboxylic acids is 1. The Morgan fingerprint density at radius 3 is 2.22 bits per heavy atom. The zero-order valence-corrected chi connectivity index (χ0v) is 15.5. The van der Waals surface area contributed by atoms with Crippen LogP contribution in [0.5, 0.6) is 0 Å². The van der Waals surface area contributed by atoms with Crippen LogP contribution in [0.1, 0.15) is 42.3 Å². The molecule has 0 saturated heterocycles. The van der Waals surface area contributed by atoms with Gasteiger partial charge in [-0.05, 0) is 62.7 Å². The molecule has 0 aliphatic rings. The minimum Gasteiger partial charge on any atom is -0.372 e. The molecule has 0 unspecified atom stereocenters. The summed E-state index contributed by atoms with van der Waals surface area (Å²) in [5.41, 5.74) is 3.65. The number of hydrogen-bond donors (Lipinski definition) is 1. The number of hydrogen-bond acceptors (Lipinski definition) is 3. The second-order valence-electron chi connectivity index (χ2n) is 5.94. The number of carbonyl (C=O) groups is 1. The Hall–Kier alpha value is -2.83. The molecule has 2 aromatic carbocycles. The molecule has 27 heavy (non-hydrogen) atoms. The van der Waals surface area contributed by atoms with Crippen LogP contribution in [0, 0.1) is 0 Å². The van der Waals surface area contributed by atoms with Crippen molar-refractivity contribution in [1.82, 2.24) is 5.43 Å². The van der Waals surface area contributed by atoms with E-state index in [9.17, 15) is 18.0 Å². The third-order valence-electron chi connectivity index (χ3n) is 4.19. The van der Waals surface area contributed by atoms with Crippen LogP contribution >= 0.6 is 0 Å². The van der Waals surface area contributed by atoms with Crippen molar-refractivity contribution in [2.24, 2.45) is 5.10 Å². The van der Waals surface area contributed by atoms with Crippen molar-refractivity contribution >= 4 is 17.3 Å². The smallest absolute Gasteiger partial charge is 0.372 e. The Morgan fingerprint density at radius 1 is 1.04 bits per heavy atom. The molecule has 1 N–H and O–H groups in total. The lowest BCUT2D eigenvalue weighted by atomic mass is 10.1. The molecule has 0 bridgehead atoms. The van der Waals surface area contributed by atoms with E-state index in [1.165, 1.54) is 12.1 Å². The highest BCUT2D eigenvalue weighted by atomic mass is 19.4. The Bertz CT molecular complexity index is 810. The van der Waals surface area contributed by atoms with Gasteiger partial charge in [0.15, 0.2) is 0 Å². The van der Waals surface area contributed by atoms with E-state index in [1.54, 1.807) is 19.1 Å². The highest BCUT2D eigenvalue weighted by molar-refractivity contribution is 6.01. The van der Waals surface area contributed by atoms with Gasteiger partial charge in [0.1, 0.15) is 0 Å². The Balaban J connectivity index is 2.10. The SMILES string of the molecule is CCN(CC)c1ccc(C(=O)NN=C(C)c2cccc(C(F)(F)F)c2)cc1. The van der Waals surface area contributed by atoms with E-state index in [1.807, 2.05) is 12.1 Å². The number of anilines is 1. The van der Waals surface area contributed by atoms with Gasteiger partial charge in [-0.15, -0.1) is 0 Å². The standard InChI is InChI=1S/C20H22F3N3O/c1-4-26(5-2)18-11-9-15(10-12-18)19(27)25-24-14(3)16-7-6-8-17(13-16)20(21,22)23/h6-13H,4-5H2,1-3H3,(H,25,27). The maximum atomic E-state index is 12.8. The van der Waals surface area contributed by atoms with E-state index >= 15 is 0 Å². The van der Waals surface area contributed by atoms with Crippen LogP contribution in [0.3, 0.4) is 0 Å². The van der Waals surface area contributed by atoms with Gasteiger partial charge < -0.3 is 4.90 Å². The summed E-state index contributed by atoms with van der Waals surface area (Å²) in [6.45, 7) is 7.37. The fourth-order valence-electron chi connectivity index (χ4n) is 2.60. The van der Waals surface area contributed by atoms with Crippen LogP contribution in [0.4, 0.5) is 18.9 Å². The van der Waals surface area contributed by atoms with Gasteiger partial charge in [-0.1, -0.05) is 12.1 Å². The first kappa shape index (κ1) is 20.5. The largest absolute Gasteiger partial charge is 0.416 e. The summed E-state index contributed by atoms with van der Waals surface area (Å²) in [6.07, 6.45) is -4.42. The fraction of sp³-hybridized carbons (Fsp3) is 0.300. The van der Waals surface area contributed by atoms with Gasteiger partial charge in [-0.2, -0.15) is 18.3 Å². The monoisotopic (exact) mass is 377 g/mol. The molecule has 1 amide bonds. The predicted molar refractivity (Wildman–Crippen MR) is 101 cm³/mol. The average molecular weight is 377 g/mol. The van der Waals surface area contributed by atoms with Gasteiger partial charge >= 0.3 is 6.18 Å². The molecular formula is C20H22F3N3O. The average Bonchev–Trinajstić information content (AvgIpc) is 2.66. The molecule has 0 aromatic heterocycles. The molecular weight excluding hydrogens is 355 g/mol. The van der Waals surface area contributed by atoms with Gasteiger partial charge in [0.25, 0.3) is 5.91 Å². The zero-order valence-electron chi connectivity index (χ0n) is 15.5. The summed E-state index contributed by atoms with van der Waals surface area (Å²) < 4.78 is 38.4. The molecule has 0 heterocycles. The number of benzene rings is 2. The molecule has 0 saturated carbocycles. The van der Waals surface area contributed by atoms with Crippen molar-refractivity contribution in [3.63, 3.8) is 0 Å². The normalized spacial score (nSPS) is 12.0. The molecule has 0 aliphatic carbocycles. The maximum absolute atomic E-state index is 12.8. The Morgan fingerprint density at radius 2 is 1.67 bits per heavy atom. The van der Waals surface area contributed by atoms with E-state index in [0.717, 1.165) is 30.9 Å². The summed E-state index contributed by atoms with van der Waals surface area (Å²) in [5, 5.41) is 3.92. The number of rotatable bonds is 6. The second kappa shape index (κ2) is 8.70. The number of nitrogens with zero attached hydrogens (tertiary/aromatic N) is 2. The Kier molecular flexibility index (Phi) is 6.60. The minimum atomic E-state index is -4.42. The van der Waals surface area contributed by atoms with E-state index in [4.69, 9.17) is 0 Å². The maximum Gasteiger partial charge on any atom is 0.416 e. The van der Waals surface area contributed by atoms with Crippen LogP contribution < -0.4 is 10.3 Å². The highest BCUT2D eigenvalue weighted by Crippen LogP contribution is 2.29.